The minimum absolute atomic E-state index is 0.113. The van der Waals surface area contributed by atoms with Gasteiger partial charge >= 0.3 is 0 Å². The van der Waals surface area contributed by atoms with Gasteiger partial charge in [-0.15, -0.1) is 0 Å². The van der Waals surface area contributed by atoms with Gasteiger partial charge in [0.25, 0.3) is 0 Å². The van der Waals surface area contributed by atoms with Crippen LogP contribution in [0.1, 0.15) is 23.1 Å². The van der Waals surface area contributed by atoms with Crippen LogP contribution in [0.3, 0.4) is 0 Å². The zero-order chi connectivity index (χ0) is 12.3. The highest BCUT2D eigenvalue weighted by Crippen LogP contribution is 2.13. The van der Waals surface area contributed by atoms with E-state index in [0.29, 0.717) is 6.54 Å². The molecule has 1 fully saturated rings. The Labute approximate surface area is 103 Å². The van der Waals surface area contributed by atoms with Gasteiger partial charge in [-0.25, -0.2) is 0 Å². The van der Waals surface area contributed by atoms with Gasteiger partial charge in [-0.1, -0.05) is 23.8 Å². The number of benzene rings is 1. The monoisotopic (exact) mass is 232 g/mol. The topological polar surface area (TPSA) is 41.1 Å². The number of amides is 1. The predicted molar refractivity (Wildman–Crippen MR) is 69.0 cm³/mol. The van der Waals surface area contributed by atoms with E-state index in [-0.39, 0.29) is 11.9 Å². The third-order valence-corrected chi connectivity index (χ3v) is 3.31. The quantitative estimate of drug-likeness (QED) is 0.825. The second-order valence-corrected chi connectivity index (χ2v) is 4.86. The van der Waals surface area contributed by atoms with E-state index in [2.05, 4.69) is 42.7 Å². The smallest absolute Gasteiger partial charge is 0.234 e. The summed E-state index contributed by atoms with van der Waals surface area (Å²) in [6.07, 6.45) is 2.03. The lowest BCUT2D eigenvalue weighted by atomic mass is 9.98. The van der Waals surface area contributed by atoms with E-state index in [0.717, 1.165) is 19.4 Å². The van der Waals surface area contributed by atoms with Crippen LogP contribution in [-0.2, 0) is 11.2 Å². The number of carbonyl (C=O) groups is 1. The SMILES string of the molecule is Cc1ccc(C)c(CCC2CNCC(=O)N2)c1. The van der Waals surface area contributed by atoms with Gasteiger partial charge < -0.3 is 10.6 Å². The maximum atomic E-state index is 11.2. The van der Waals surface area contributed by atoms with E-state index in [1.165, 1.54) is 16.7 Å². The molecular weight excluding hydrogens is 212 g/mol. The highest BCUT2D eigenvalue weighted by Gasteiger charge is 2.17. The number of hydrogen-bond acceptors (Lipinski definition) is 2. The highest BCUT2D eigenvalue weighted by molar-refractivity contribution is 5.79. The third kappa shape index (κ3) is 3.30. The summed E-state index contributed by atoms with van der Waals surface area (Å²) in [5.41, 5.74) is 4.03. The Kier molecular flexibility index (Phi) is 3.79. The third-order valence-electron chi connectivity index (χ3n) is 3.31. The molecule has 3 heteroatoms. The van der Waals surface area contributed by atoms with Crippen molar-refractivity contribution < 1.29 is 4.79 Å². The van der Waals surface area contributed by atoms with Crippen LogP contribution in [0.2, 0.25) is 0 Å². The van der Waals surface area contributed by atoms with Crippen LogP contribution in [0.15, 0.2) is 18.2 Å². The molecule has 17 heavy (non-hydrogen) atoms. The Morgan fingerprint density at radius 2 is 2.18 bits per heavy atom. The standard InChI is InChI=1S/C14H20N2O/c1-10-3-4-11(2)12(7-10)5-6-13-8-15-9-14(17)16-13/h3-4,7,13,15H,5-6,8-9H2,1-2H3,(H,16,17). The molecule has 2 rings (SSSR count). The first-order valence-electron chi connectivity index (χ1n) is 6.21. The first-order chi connectivity index (χ1) is 8.15. The summed E-state index contributed by atoms with van der Waals surface area (Å²) in [7, 11) is 0. The van der Waals surface area contributed by atoms with Gasteiger partial charge in [0.05, 0.1) is 6.54 Å². The first kappa shape index (κ1) is 12.1. The molecule has 0 aliphatic carbocycles. The molecule has 1 atom stereocenters. The Balaban J connectivity index is 1.92. The van der Waals surface area contributed by atoms with Crippen molar-refractivity contribution in [2.24, 2.45) is 0 Å². The second-order valence-electron chi connectivity index (χ2n) is 4.86. The van der Waals surface area contributed by atoms with Gasteiger partial charge in [0.15, 0.2) is 0 Å². The molecule has 0 saturated carbocycles. The minimum Gasteiger partial charge on any atom is -0.351 e. The van der Waals surface area contributed by atoms with Gasteiger partial charge in [-0.05, 0) is 37.8 Å². The van der Waals surface area contributed by atoms with E-state index in [1.54, 1.807) is 0 Å². The van der Waals surface area contributed by atoms with Gasteiger partial charge in [0.2, 0.25) is 5.91 Å². The normalized spacial score (nSPS) is 20.1. The van der Waals surface area contributed by atoms with Crippen molar-refractivity contribution in [2.45, 2.75) is 32.7 Å². The molecule has 1 amide bonds. The van der Waals surface area contributed by atoms with E-state index >= 15 is 0 Å². The fraction of sp³-hybridized carbons (Fsp3) is 0.500. The van der Waals surface area contributed by atoms with Crippen LogP contribution in [-0.4, -0.2) is 25.0 Å². The first-order valence-corrected chi connectivity index (χ1v) is 6.21. The van der Waals surface area contributed by atoms with Crippen LogP contribution < -0.4 is 10.6 Å². The van der Waals surface area contributed by atoms with Crippen LogP contribution in [0.4, 0.5) is 0 Å². The zero-order valence-corrected chi connectivity index (χ0v) is 10.5. The molecule has 1 unspecified atom stereocenters. The summed E-state index contributed by atoms with van der Waals surface area (Å²) in [5.74, 6) is 0.113. The summed E-state index contributed by atoms with van der Waals surface area (Å²) in [5, 5.41) is 6.15. The summed E-state index contributed by atoms with van der Waals surface area (Å²) in [6, 6.07) is 6.83. The van der Waals surface area contributed by atoms with Crippen molar-refractivity contribution in [3.05, 3.63) is 34.9 Å². The van der Waals surface area contributed by atoms with Crippen molar-refractivity contribution in [1.29, 1.82) is 0 Å². The summed E-state index contributed by atoms with van der Waals surface area (Å²) in [6.45, 7) is 5.61. The van der Waals surface area contributed by atoms with Gasteiger partial charge in [-0.3, -0.25) is 4.79 Å². The molecule has 0 spiro atoms. The predicted octanol–water partition coefficient (Wildman–Crippen LogP) is 1.32. The van der Waals surface area contributed by atoms with Crippen LogP contribution in [0, 0.1) is 13.8 Å². The lowest BCUT2D eigenvalue weighted by Crippen LogP contribution is -2.52. The second kappa shape index (κ2) is 5.32. The molecule has 1 heterocycles. The summed E-state index contributed by atoms with van der Waals surface area (Å²) >= 11 is 0. The fourth-order valence-electron chi connectivity index (χ4n) is 2.26. The van der Waals surface area contributed by atoms with Crippen molar-refractivity contribution in [2.75, 3.05) is 13.1 Å². The van der Waals surface area contributed by atoms with Crippen LogP contribution in [0.5, 0.6) is 0 Å². The van der Waals surface area contributed by atoms with Crippen molar-refractivity contribution in [1.82, 2.24) is 10.6 Å². The maximum absolute atomic E-state index is 11.2. The minimum atomic E-state index is 0.113. The van der Waals surface area contributed by atoms with Crippen molar-refractivity contribution in [3.8, 4) is 0 Å². The Hall–Kier alpha value is -1.35. The number of carbonyl (C=O) groups excluding carboxylic acids is 1. The van der Waals surface area contributed by atoms with Crippen molar-refractivity contribution in [3.63, 3.8) is 0 Å². The number of piperazine rings is 1. The maximum Gasteiger partial charge on any atom is 0.234 e. The molecule has 2 N–H and O–H groups in total. The number of aryl methyl sites for hydroxylation is 3. The average molecular weight is 232 g/mol. The summed E-state index contributed by atoms with van der Waals surface area (Å²) < 4.78 is 0. The van der Waals surface area contributed by atoms with Gasteiger partial charge in [0, 0.05) is 12.6 Å². The largest absolute Gasteiger partial charge is 0.351 e. The lowest BCUT2D eigenvalue weighted by molar-refractivity contribution is -0.122. The molecule has 1 aliphatic heterocycles. The molecule has 1 aromatic rings. The van der Waals surface area contributed by atoms with Gasteiger partial charge in [0.1, 0.15) is 0 Å². The molecule has 1 aromatic carbocycles. The Morgan fingerprint density at radius 1 is 1.35 bits per heavy atom. The number of nitrogens with one attached hydrogen (secondary N) is 2. The fourth-order valence-corrected chi connectivity index (χ4v) is 2.26. The van der Waals surface area contributed by atoms with Crippen LogP contribution in [0.25, 0.3) is 0 Å². The molecule has 0 radical (unpaired) electrons. The lowest BCUT2D eigenvalue weighted by Gasteiger charge is -2.24. The van der Waals surface area contributed by atoms with E-state index in [1.807, 2.05) is 0 Å². The molecular formula is C14H20N2O. The molecule has 0 aromatic heterocycles. The average Bonchev–Trinajstić information content (AvgIpc) is 2.30. The Bertz CT molecular complexity index is 415. The molecule has 92 valence electrons. The van der Waals surface area contributed by atoms with Gasteiger partial charge in [-0.2, -0.15) is 0 Å². The van der Waals surface area contributed by atoms with E-state index < -0.39 is 0 Å². The number of rotatable bonds is 3. The summed E-state index contributed by atoms with van der Waals surface area (Å²) in [4.78, 5) is 11.2. The Morgan fingerprint density at radius 3 is 2.94 bits per heavy atom. The van der Waals surface area contributed by atoms with E-state index in [9.17, 15) is 4.79 Å². The molecule has 1 aliphatic rings. The molecule has 3 nitrogen and oxygen atoms in total. The highest BCUT2D eigenvalue weighted by atomic mass is 16.2. The zero-order valence-electron chi connectivity index (χ0n) is 10.5. The van der Waals surface area contributed by atoms with E-state index in [4.69, 9.17) is 0 Å². The molecule has 0 bridgehead atoms. The van der Waals surface area contributed by atoms with Crippen molar-refractivity contribution >= 4 is 5.91 Å². The van der Waals surface area contributed by atoms with Crippen LogP contribution >= 0.6 is 0 Å². The molecule has 1 saturated heterocycles. The number of hydrogen-bond donors (Lipinski definition) is 2.